The molecule has 4 atom stereocenters. The SMILES string of the molecule is Cc1cccc2nc(C(=O)NC(C)C3CC4CCC3C4)cn12. The highest BCUT2D eigenvalue weighted by Crippen LogP contribution is 2.49. The minimum atomic E-state index is -0.0432. The number of rotatable bonds is 3. The van der Waals surface area contributed by atoms with Crippen molar-refractivity contribution < 1.29 is 4.79 Å². The van der Waals surface area contributed by atoms with Crippen LogP contribution < -0.4 is 5.32 Å². The third-order valence-corrected chi connectivity index (χ3v) is 5.72. The Morgan fingerprint density at radius 1 is 1.36 bits per heavy atom. The minimum Gasteiger partial charge on any atom is -0.348 e. The lowest BCUT2D eigenvalue weighted by molar-refractivity contribution is 0.0911. The van der Waals surface area contributed by atoms with E-state index in [1.54, 1.807) is 0 Å². The van der Waals surface area contributed by atoms with Gasteiger partial charge in [-0.3, -0.25) is 4.79 Å². The van der Waals surface area contributed by atoms with Gasteiger partial charge >= 0.3 is 0 Å². The fourth-order valence-electron chi connectivity index (χ4n) is 4.55. The standard InChI is InChI=1S/C18H23N3O/c1-11-4-3-5-17-20-16(10-21(11)17)18(22)19-12(2)15-9-13-6-7-14(15)8-13/h3-5,10,12-15H,6-9H2,1-2H3,(H,19,22). The zero-order chi connectivity index (χ0) is 15.3. The maximum atomic E-state index is 12.5. The van der Waals surface area contributed by atoms with Crippen LogP contribution in [-0.4, -0.2) is 21.3 Å². The van der Waals surface area contributed by atoms with Gasteiger partial charge in [0.2, 0.25) is 0 Å². The summed E-state index contributed by atoms with van der Waals surface area (Å²) in [4.78, 5) is 17.0. The third kappa shape index (κ3) is 2.21. The van der Waals surface area contributed by atoms with Crippen molar-refractivity contribution in [2.24, 2.45) is 17.8 Å². The number of nitrogens with one attached hydrogen (secondary N) is 1. The average Bonchev–Trinajstić information content (AvgIpc) is 3.22. The van der Waals surface area contributed by atoms with Gasteiger partial charge in [-0.25, -0.2) is 4.98 Å². The van der Waals surface area contributed by atoms with Gasteiger partial charge in [-0.05, 0) is 63.0 Å². The van der Waals surface area contributed by atoms with Crippen LogP contribution in [0, 0.1) is 24.7 Å². The van der Waals surface area contributed by atoms with Gasteiger partial charge in [0, 0.05) is 17.9 Å². The Labute approximate surface area is 130 Å². The molecular weight excluding hydrogens is 274 g/mol. The average molecular weight is 297 g/mol. The van der Waals surface area contributed by atoms with Gasteiger partial charge in [-0.2, -0.15) is 0 Å². The zero-order valence-electron chi connectivity index (χ0n) is 13.2. The number of aryl methyl sites for hydroxylation is 1. The van der Waals surface area contributed by atoms with Crippen LogP contribution in [0.2, 0.25) is 0 Å². The van der Waals surface area contributed by atoms with Crippen LogP contribution in [0.25, 0.3) is 5.65 Å². The van der Waals surface area contributed by atoms with Crippen LogP contribution >= 0.6 is 0 Å². The molecule has 2 aromatic heterocycles. The molecule has 0 radical (unpaired) electrons. The van der Waals surface area contributed by atoms with Crippen LogP contribution in [0.1, 0.15) is 48.8 Å². The normalized spacial score (nSPS) is 28.2. The molecule has 2 bridgehead atoms. The van der Waals surface area contributed by atoms with Crippen LogP contribution in [0.4, 0.5) is 0 Å². The Morgan fingerprint density at radius 2 is 2.23 bits per heavy atom. The number of carbonyl (C=O) groups is 1. The number of amides is 1. The van der Waals surface area contributed by atoms with Crippen molar-refractivity contribution in [3.63, 3.8) is 0 Å². The molecule has 4 unspecified atom stereocenters. The number of pyridine rings is 1. The molecule has 0 spiro atoms. The quantitative estimate of drug-likeness (QED) is 0.945. The number of hydrogen-bond donors (Lipinski definition) is 1. The van der Waals surface area contributed by atoms with E-state index in [-0.39, 0.29) is 11.9 Å². The molecule has 2 aliphatic carbocycles. The molecule has 2 heterocycles. The largest absolute Gasteiger partial charge is 0.348 e. The zero-order valence-corrected chi connectivity index (χ0v) is 13.2. The summed E-state index contributed by atoms with van der Waals surface area (Å²) >= 11 is 0. The minimum absolute atomic E-state index is 0.0432. The summed E-state index contributed by atoms with van der Waals surface area (Å²) in [6, 6.07) is 6.17. The van der Waals surface area contributed by atoms with Gasteiger partial charge in [0.25, 0.3) is 5.91 Å². The highest BCUT2D eigenvalue weighted by Gasteiger charge is 2.42. The van der Waals surface area contributed by atoms with Gasteiger partial charge in [0.1, 0.15) is 11.3 Å². The molecule has 2 saturated carbocycles. The Hall–Kier alpha value is -1.84. The molecule has 2 fully saturated rings. The number of carbonyl (C=O) groups excluding carboxylic acids is 1. The predicted molar refractivity (Wildman–Crippen MR) is 85.8 cm³/mol. The van der Waals surface area contributed by atoms with Gasteiger partial charge < -0.3 is 9.72 Å². The molecule has 4 nitrogen and oxygen atoms in total. The summed E-state index contributed by atoms with van der Waals surface area (Å²) in [7, 11) is 0. The van der Waals surface area contributed by atoms with E-state index in [2.05, 4.69) is 17.2 Å². The van der Waals surface area contributed by atoms with Crippen molar-refractivity contribution in [1.29, 1.82) is 0 Å². The molecule has 2 aliphatic rings. The van der Waals surface area contributed by atoms with Crippen LogP contribution in [-0.2, 0) is 0 Å². The van der Waals surface area contributed by atoms with Crippen molar-refractivity contribution in [2.45, 2.75) is 45.6 Å². The van der Waals surface area contributed by atoms with Crippen molar-refractivity contribution in [3.05, 3.63) is 35.8 Å². The molecule has 0 saturated heterocycles. The summed E-state index contributed by atoms with van der Waals surface area (Å²) < 4.78 is 1.97. The fourth-order valence-corrected chi connectivity index (χ4v) is 4.55. The first-order chi connectivity index (χ1) is 10.6. The lowest BCUT2D eigenvalue weighted by atomic mass is 9.84. The molecule has 2 aromatic rings. The number of nitrogens with zero attached hydrogens (tertiary/aromatic N) is 2. The summed E-state index contributed by atoms with van der Waals surface area (Å²) in [5.41, 5.74) is 2.44. The monoisotopic (exact) mass is 297 g/mol. The lowest BCUT2D eigenvalue weighted by Gasteiger charge is -2.28. The molecule has 4 heteroatoms. The first kappa shape index (κ1) is 13.8. The molecule has 22 heavy (non-hydrogen) atoms. The lowest BCUT2D eigenvalue weighted by Crippen LogP contribution is -2.40. The van der Waals surface area contributed by atoms with Crippen LogP contribution in [0.5, 0.6) is 0 Å². The number of fused-ring (bicyclic) bond motifs is 3. The van der Waals surface area contributed by atoms with Gasteiger partial charge in [-0.1, -0.05) is 12.5 Å². The summed E-state index contributed by atoms with van der Waals surface area (Å²) in [5.74, 6) is 2.34. The first-order valence-electron chi connectivity index (χ1n) is 8.37. The Morgan fingerprint density at radius 3 is 2.91 bits per heavy atom. The summed E-state index contributed by atoms with van der Waals surface area (Å²) in [6.45, 7) is 4.18. The molecule has 4 rings (SSSR count). The fraction of sp³-hybridized carbons (Fsp3) is 0.556. The number of hydrogen-bond acceptors (Lipinski definition) is 2. The van der Waals surface area contributed by atoms with E-state index in [4.69, 9.17) is 0 Å². The van der Waals surface area contributed by atoms with E-state index in [1.165, 1.54) is 25.7 Å². The molecule has 0 aromatic carbocycles. The maximum absolute atomic E-state index is 12.5. The van der Waals surface area contributed by atoms with Crippen LogP contribution in [0.3, 0.4) is 0 Å². The van der Waals surface area contributed by atoms with Crippen LogP contribution in [0.15, 0.2) is 24.4 Å². The topological polar surface area (TPSA) is 46.4 Å². The predicted octanol–water partition coefficient (Wildman–Crippen LogP) is 3.20. The second kappa shape index (κ2) is 5.11. The van der Waals surface area contributed by atoms with E-state index < -0.39 is 0 Å². The summed E-state index contributed by atoms with van der Waals surface area (Å²) in [6.07, 6.45) is 7.25. The highest BCUT2D eigenvalue weighted by atomic mass is 16.2. The van der Waals surface area contributed by atoms with E-state index in [9.17, 15) is 4.79 Å². The summed E-state index contributed by atoms with van der Waals surface area (Å²) in [5, 5.41) is 3.19. The second-order valence-electron chi connectivity index (χ2n) is 7.12. The van der Waals surface area contributed by atoms with Crippen molar-refractivity contribution >= 4 is 11.6 Å². The maximum Gasteiger partial charge on any atom is 0.271 e. The smallest absolute Gasteiger partial charge is 0.271 e. The van der Waals surface area contributed by atoms with Crippen molar-refractivity contribution in [2.75, 3.05) is 0 Å². The van der Waals surface area contributed by atoms with E-state index >= 15 is 0 Å². The van der Waals surface area contributed by atoms with Gasteiger partial charge in [0.15, 0.2) is 0 Å². The third-order valence-electron chi connectivity index (χ3n) is 5.72. The molecule has 0 aliphatic heterocycles. The van der Waals surface area contributed by atoms with Crippen molar-refractivity contribution in [3.8, 4) is 0 Å². The number of aromatic nitrogens is 2. The van der Waals surface area contributed by atoms with E-state index in [0.717, 1.165) is 23.2 Å². The molecular formula is C18H23N3O. The molecule has 1 amide bonds. The Balaban J connectivity index is 1.50. The molecule has 116 valence electrons. The van der Waals surface area contributed by atoms with E-state index in [0.29, 0.717) is 11.6 Å². The van der Waals surface area contributed by atoms with Crippen molar-refractivity contribution in [1.82, 2.24) is 14.7 Å². The van der Waals surface area contributed by atoms with Gasteiger partial charge in [0.05, 0.1) is 0 Å². The highest BCUT2D eigenvalue weighted by molar-refractivity contribution is 5.93. The number of imidazole rings is 1. The van der Waals surface area contributed by atoms with E-state index in [1.807, 2.05) is 35.7 Å². The van der Waals surface area contributed by atoms with Gasteiger partial charge in [-0.15, -0.1) is 0 Å². The Kier molecular flexibility index (Phi) is 3.21. The molecule has 1 N–H and O–H groups in total. The first-order valence-corrected chi connectivity index (χ1v) is 8.37. The Bertz CT molecular complexity index is 720. The second-order valence-corrected chi connectivity index (χ2v) is 7.12.